The normalized spacial score (nSPS) is 11.0. The molecule has 0 aliphatic carbocycles. The third-order valence-corrected chi connectivity index (χ3v) is 5.56. The summed E-state index contributed by atoms with van der Waals surface area (Å²) in [5.41, 5.74) is 2.70. The number of nitrogens with one attached hydrogen (secondary N) is 2. The van der Waals surface area contributed by atoms with E-state index in [1.54, 1.807) is 12.3 Å². The van der Waals surface area contributed by atoms with Crippen molar-refractivity contribution in [2.45, 2.75) is 45.3 Å². The third-order valence-electron chi connectivity index (χ3n) is 4.59. The van der Waals surface area contributed by atoms with E-state index in [-0.39, 0.29) is 11.7 Å². The van der Waals surface area contributed by atoms with E-state index < -0.39 is 11.9 Å². The van der Waals surface area contributed by atoms with E-state index in [1.807, 2.05) is 56.5 Å². The standard InChI is InChI=1S/C21H25N5O3S/c1-13(2)19-24-25-21(26(19)11-16-8-6-10-29-16)30-12-18(27)23-20(28)22-17-9-5-7-14(3)15(17)4/h5-10,13H,11-12H2,1-4H3,(H2,22,23,27,28). The fraction of sp³-hybridized carbons (Fsp3) is 0.333. The van der Waals surface area contributed by atoms with Crippen LogP contribution in [-0.4, -0.2) is 32.5 Å². The minimum absolute atomic E-state index is 0.0363. The molecule has 1 aromatic carbocycles. The highest BCUT2D eigenvalue weighted by atomic mass is 32.2. The number of amides is 3. The molecule has 8 nitrogen and oxygen atoms in total. The van der Waals surface area contributed by atoms with Crippen molar-refractivity contribution in [3.63, 3.8) is 0 Å². The summed E-state index contributed by atoms with van der Waals surface area (Å²) in [6.45, 7) is 8.42. The molecule has 3 rings (SSSR count). The molecule has 0 saturated carbocycles. The number of nitrogens with zero attached hydrogens (tertiary/aromatic N) is 3. The van der Waals surface area contributed by atoms with Crippen LogP contribution in [0.1, 0.15) is 42.5 Å². The molecule has 3 aromatic rings. The Hall–Kier alpha value is -3.07. The van der Waals surface area contributed by atoms with E-state index in [0.29, 0.717) is 17.4 Å². The Morgan fingerprint density at radius 3 is 2.67 bits per heavy atom. The average Bonchev–Trinajstić information content (AvgIpc) is 3.34. The second-order valence-electron chi connectivity index (χ2n) is 7.20. The molecule has 2 heterocycles. The van der Waals surface area contributed by atoms with Gasteiger partial charge >= 0.3 is 6.03 Å². The van der Waals surface area contributed by atoms with Gasteiger partial charge in [-0.15, -0.1) is 10.2 Å². The summed E-state index contributed by atoms with van der Waals surface area (Å²) in [4.78, 5) is 24.4. The smallest absolute Gasteiger partial charge is 0.325 e. The van der Waals surface area contributed by atoms with Gasteiger partial charge < -0.3 is 9.73 Å². The monoisotopic (exact) mass is 427 g/mol. The van der Waals surface area contributed by atoms with Crippen molar-refractivity contribution in [3.05, 3.63) is 59.3 Å². The molecule has 2 N–H and O–H groups in total. The summed E-state index contributed by atoms with van der Waals surface area (Å²) in [7, 11) is 0. The zero-order chi connectivity index (χ0) is 21.7. The van der Waals surface area contributed by atoms with Gasteiger partial charge in [0, 0.05) is 11.6 Å². The van der Waals surface area contributed by atoms with Crippen LogP contribution in [0.25, 0.3) is 0 Å². The zero-order valence-corrected chi connectivity index (χ0v) is 18.2. The Labute approximate surface area is 179 Å². The number of carbonyl (C=O) groups is 2. The predicted molar refractivity (Wildman–Crippen MR) is 116 cm³/mol. The van der Waals surface area contributed by atoms with Gasteiger partial charge in [0.1, 0.15) is 11.6 Å². The maximum Gasteiger partial charge on any atom is 0.325 e. The average molecular weight is 428 g/mol. The van der Waals surface area contributed by atoms with E-state index in [0.717, 1.165) is 22.7 Å². The molecule has 0 spiro atoms. The molecule has 9 heteroatoms. The quantitative estimate of drug-likeness (QED) is 0.551. The summed E-state index contributed by atoms with van der Waals surface area (Å²) < 4.78 is 7.36. The van der Waals surface area contributed by atoms with E-state index in [9.17, 15) is 9.59 Å². The number of aromatic nitrogens is 3. The van der Waals surface area contributed by atoms with Gasteiger partial charge in [-0.05, 0) is 43.2 Å². The van der Waals surface area contributed by atoms with Gasteiger partial charge in [0.2, 0.25) is 5.91 Å². The largest absolute Gasteiger partial charge is 0.467 e. The minimum Gasteiger partial charge on any atom is -0.467 e. The van der Waals surface area contributed by atoms with Crippen LogP contribution < -0.4 is 10.6 Å². The van der Waals surface area contributed by atoms with Crippen LogP contribution in [0.2, 0.25) is 0 Å². The highest BCUT2D eigenvalue weighted by Gasteiger charge is 2.18. The molecule has 0 radical (unpaired) electrons. The van der Waals surface area contributed by atoms with Gasteiger partial charge in [0.25, 0.3) is 0 Å². The van der Waals surface area contributed by atoms with Gasteiger partial charge in [-0.2, -0.15) is 0 Å². The molecule has 0 atom stereocenters. The number of hydrogen-bond acceptors (Lipinski definition) is 6. The predicted octanol–water partition coefficient (Wildman–Crippen LogP) is 4.10. The molecular weight excluding hydrogens is 402 g/mol. The SMILES string of the molecule is Cc1cccc(NC(=O)NC(=O)CSc2nnc(C(C)C)n2Cc2ccco2)c1C. The number of benzene rings is 1. The summed E-state index contributed by atoms with van der Waals surface area (Å²) >= 11 is 1.22. The van der Waals surface area contributed by atoms with Crippen molar-refractivity contribution >= 4 is 29.4 Å². The molecule has 2 aromatic heterocycles. The number of imide groups is 1. The first kappa shape index (κ1) is 21.6. The van der Waals surface area contributed by atoms with Gasteiger partial charge in [-0.3, -0.25) is 14.7 Å². The van der Waals surface area contributed by atoms with E-state index >= 15 is 0 Å². The number of rotatable bonds is 7. The van der Waals surface area contributed by atoms with Crippen LogP contribution in [-0.2, 0) is 11.3 Å². The first-order valence-corrected chi connectivity index (χ1v) is 10.6. The Morgan fingerprint density at radius 2 is 1.97 bits per heavy atom. The van der Waals surface area contributed by atoms with E-state index in [4.69, 9.17) is 4.42 Å². The lowest BCUT2D eigenvalue weighted by Gasteiger charge is -2.11. The summed E-state index contributed by atoms with van der Waals surface area (Å²) in [5.74, 6) is 1.37. The molecule has 3 amide bonds. The van der Waals surface area contributed by atoms with Crippen LogP contribution in [0.4, 0.5) is 10.5 Å². The van der Waals surface area contributed by atoms with Gasteiger partial charge in [0.15, 0.2) is 5.16 Å². The number of hydrogen-bond donors (Lipinski definition) is 2. The molecular formula is C21H25N5O3S. The van der Waals surface area contributed by atoms with Crippen molar-refractivity contribution in [1.29, 1.82) is 0 Å². The van der Waals surface area contributed by atoms with Gasteiger partial charge in [0.05, 0.1) is 18.6 Å². The highest BCUT2D eigenvalue weighted by Crippen LogP contribution is 2.23. The zero-order valence-electron chi connectivity index (χ0n) is 17.4. The minimum atomic E-state index is -0.561. The maximum absolute atomic E-state index is 12.3. The highest BCUT2D eigenvalue weighted by molar-refractivity contribution is 7.99. The fourth-order valence-electron chi connectivity index (χ4n) is 2.87. The lowest BCUT2D eigenvalue weighted by Crippen LogP contribution is -2.35. The second-order valence-corrected chi connectivity index (χ2v) is 8.14. The topological polar surface area (TPSA) is 102 Å². The fourth-order valence-corrected chi connectivity index (χ4v) is 3.62. The number of carbonyl (C=O) groups excluding carboxylic acids is 2. The third kappa shape index (κ3) is 5.29. The molecule has 158 valence electrons. The number of urea groups is 1. The van der Waals surface area contributed by atoms with Crippen molar-refractivity contribution in [2.75, 3.05) is 11.1 Å². The number of furan rings is 1. The summed E-state index contributed by atoms with van der Waals surface area (Å²) in [5, 5.41) is 14.1. The second kappa shape index (κ2) is 9.62. The number of aryl methyl sites for hydroxylation is 1. The van der Waals surface area contributed by atoms with Crippen LogP contribution in [0, 0.1) is 13.8 Å². The molecule has 0 unspecified atom stereocenters. The molecule has 0 fully saturated rings. The van der Waals surface area contributed by atoms with Crippen LogP contribution in [0.5, 0.6) is 0 Å². The molecule has 30 heavy (non-hydrogen) atoms. The number of thioether (sulfide) groups is 1. The van der Waals surface area contributed by atoms with Crippen molar-refractivity contribution in [1.82, 2.24) is 20.1 Å². The summed E-state index contributed by atoms with van der Waals surface area (Å²) in [6.07, 6.45) is 1.61. The van der Waals surface area contributed by atoms with Crippen molar-refractivity contribution in [2.24, 2.45) is 0 Å². The van der Waals surface area contributed by atoms with Gasteiger partial charge in [-0.1, -0.05) is 37.7 Å². The molecule has 0 saturated heterocycles. The summed E-state index contributed by atoms with van der Waals surface area (Å²) in [6, 6.07) is 8.75. The van der Waals surface area contributed by atoms with Crippen molar-refractivity contribution < 1.29 is 14.0 Å². The van der Waals surface area contributed by atoms with Crippen molar-refractivity contribution in [3.8, 4) is 0 Å². The Balaban J connectivity index is 1.60. The molecule has 0 bridgehead atoms. The van der Waals surface area contributed by atoms with Crippen LogP contribution in [0.3, 0.4) is 0 Å². The molecule has 0 aliphatic heterocycles. The first-order chi connectivity index (χ1) is 14.3. The van der Waals surface area contributed by atoms with E-state index in [1.165, 1.54) is 11.8 Å². The molecule has 0 aliphatic rings. The lowest BCUT2D eigenvalue weighted by molar-refractivity contribution is -0.117. The van der Waals surface area contributed by atoms with Crippen LogP contribution >= 0.6 is 11.8 Å². The lowest BCUT2D eigenvalue weighted by atomic mass is 10.1. The number of anilines is 1. The maximum atomic E-state index is 12.3. The van der Waals surface area contributed by atoms with Gasteiger partial charge in [-0.25, -0.2) is 4.79 Å². The van der Waals surface area contributed by atoms with Crippen LogP contribution in [0.15, 0.2) is 46.2 Å². The van der Waals surface area contributed by atoms with E-state index in [2.05, 4.69) is 20.8 Å². The Kier molecular flexibility index (Phi) is 6.94. The Bertz CT molecular complexity index is 1030. The first-order valence-electron chi connectivity index (χ1n) is 9.60. The Morgan fingerprint density at radius 1 is 1.17 bits per heavy atom.